The molecule has 0 aliphatic carbocycles. The normalized spacial score (nSPS) is 8.92. The van der Waals surface area contributed by atoms with Crippen LogP contribution in [0.3, 0.4) is 0 Å². The number of carboxylic acids is 2. The smallest absolute Gasteiger partial charge is 0.328 e. The average Bonchev–Trinajstić information content (AvgIpc) is 2.45. The molecule has 148 valence electrons. The molecule has 2 N–H and O–H groups in total. The topological polar surface area (TPSA) is 161 Å². The van der Waals surface area contributed by atoms with Crippen LogP contribution in [0.1, 0.15) is 53.4 Å². The second kappa shape index (κ2) is 18.3. The van der Waals surface area contributed by atoms with Crippen molar-refractivity contribution in [2.75, 3.05) is 0 Å². The standard InChI is InChI=1S/2C6H10O3.C4H4O4/c2*1-3-4-6(8)9-5(2)7;5-3(6)1-2-4(7)8/h2*3-4H2,1-2H3;1-2H,(H,5,6)(H,7,8)/b;;2-1-. The van der Waals surface area contributed by atoms with E-state index >= 15 is 0 Å². The molecule has 0 fully saturated rings. The fraction of sp³-hybridized carbons (Fsp3) is 0.500. The van der Waals surface area contributed by atoms with Crippen molar-refractivity contribution in [3.05, 3.63) is 12.2 Å². The van der Waals surface area contributed by atoms with Crippen LogP contribution in [0.15, 0.2) is 12.2 Å². The van der Waals surface area contributed by atoms with Gasteiger partial charge in [0.2, 0.25) is 0 Å². The molecule has 0 aromatic carbocycles. The monoisotopic (exact) mass is 376 g/mol. The zero-order chi connectivity index (χ0) is 21.1. The van der Waals surface area contributed by atoms with Crippen molar-refractivity contribution >= 4 is 35.8 Å². The van der Waals surface area contributed by atoms with E-state index in [1.807, 2.05) is 13.8 Å². The molecule has 0 aliphatic heterocycles. The summed E-state index contributed by atoms with van der Waals surface area (Å²) in [6.07, 6.45) is 3.18. The summed E-state index contributed by atoms with van der Waals surface area (Å²) < 4.78 is 8.43. The van der Waals surface area contributed by atoms with Crippen LogP contribution in [-0.2, 0) is 38.2 Å². The third-order valence-electron chi connectivity index (χ3n) is 1.79. The van der Waals surface area contributed by atoms with Crippen molar-refractivity contribution in [1.29, 1.82) is 0 Å². The first-order valence-electron chi connectivity index (χ1n) is 7.52. The maximum absolute atomic E-state index is 10.4. The maximum atomic E-state index is 10.4. The Labute approximate surface area is 150 Å². The van der Waals surface area contributed by atoms with Crippen LogP contribution in [0.2, 0.25) is 0 Å². The molecule has 0 aromatic heterocycles. The molecule has 0 amide bonds. The van der Waals surface area contributed by atoms with Gasteiger partial charge in [0, 0.05) is 38.8 Å². The minimum absolute atomic E-state index is 0.319. The Kier molecular flexibility index (Phi) is 19.6. The van der Waals surface area contributed by atoms with E-state index in [1.165, 1.54) is 13.8 Å². The first-order valence-corrected chi connectivity index (χ1v) is 7.52. The van der Waals surface area contributed by atoms with Gasteiger partial charge in [-0.3, -0.25) is 19.2 Å². The summed E-state index contributed by atoms with van der Waals surface area (Å²) in [5.41, 5.74) is 0. The fourth-order valence-electron chi connectivity index (χ4n) is 0.974. The zero-order valence-corrected chi connectivity index (χ0v) is 15.1. The van der Waals surface area contributed by atoms with Crippen molar-refractivity contribution in [3.63, 3.8) is 0 Å². The molecule has 0 saturated carbocycles. The maximum Gasteiger partial charge on any atom is 0.328 e. The lowest BCUT2D eigenvalue weighted by Gasteiger charge is -1.94. The van der Waals surface area contributed by atoms with Crippen molar-refractivity contribution in [2.24, 2.45) is 0 Å². The lowest BCUT2D eigenvalue weighted by Crippen LogP contribution is -2.07. The number of rotatable bonds is 6. The second-order valence-electron chi connectivity index (χ2n) is 4.44. The van der Waals surface area contributed by atoms with E-state index < -0.39 is 35.8 Å². The highest BCUT2D eigenvalue weighted by Gasteiger charge is 2.02. The number of hydrogen-bond acceptors (Lipinski definition) is 8. The Morgan fingerprint density at radius 3 is 1.12 bits per heavy atom. The van der Waals surface area contributed by atoms with Gasteiger partial charge in [0.05, 0.1) is 0 Å². The summed E-state index contributed by atoms with van der Waals surface area (Å²) in [6, 6.07) is 0. The molecule has 0 saturated heterocycles. The molecule has 26 heavy (non-hydrogen) atoms. The van der Waals surface area contributed by atoms with E-state index in [1.54, 1.807) is 0 Å². The number of carboxylic acid groups (broad SMARTS) is 2. The molecule has 10 heteroatoms. The minimum atomic E-state index is -1.26. The Hall–Kier alpha value is -3.04. The van der Waals surface area contributed by atoms with Gasteiger partial charge < -0.3 is 19.7 Å². The number of carbonyl (C=O) groups is 6. The van der Waals surface area contributed by atoms with Crippen LogP contribution in [0.5, 0.6) is 0 Å². The predicted octanol–water partition coefficient (Wildman–Crippen LogP) is 1.46. The molecule has 0 atom stereocenters. The Bertz CT molecular complexity index is 473. The molecule has 0 heterocycles. The third kappa shape index (κ3) is 32.8. The highest BCUT2D eigenvalue weighted by atomic mass is 16.6. The van der Waals surface area contributed by atoms with E-state index in [0.717, 1.165) is 0 Å². The molecule has 0 unspecified atom stereocenters. The summed E-state index contributed by atoms with van der Waals surface area (Å²) in [5, 5.41) is 15.6. The number of carbonyl (C=O) groups excluding carboxylic acids is 4. The van der Waals surface area contributed by atoms with E-state index in [4.69, 9.17) is 10.2 Å². The zero-order valence-electron chi connectivity index (χ0n) is 15.1. The Morgan fingerprint density at radius 1 is 0.692 bits per heavy atom. The van der Waals surface area contributed by atoms with Gasteiger partial charge in [-0.25, -0.2) is 9.59 Å². The molecule has 0 bridgehead atoms. The van der Waals surface area contributed by atoms with Gasteiger partial charge in [0.1, 0.15) is 0 Å². The first-order chi connectivity index (χ1) is 12.0. The van der Waals surface area contributed by atoms with E-state index in [2.05, 4.69) is 9.47 Å². The van der Waals surface area contributed by atoms with Crippen LogP contribution in [0.4, 0.5) is 0 Å². The van der Waals surface area contributed by atoms with E-state index in [0.29, 0.717) is 37.8 Å². The molecule has 10 nitrogen and oxygen atoms in total. The molecular weight excluding hydrogens is 352 g/mol. The van der Waals surface area contributed by atoms with Gasteiger partial charge in [0.15, 0.2) is 0 Å². The minimum Gasteiger partial charge on any atom is -0.478 e. The van der Waals surface area contributed by atoms with Crippen LogP contribution in [0, 0.1) is 0 Å². The van der Waals surface area contributed by atoms with Crippen LogP contribution < -0.4 is 0 Å². The van der Waals surface area contributed by atoms with Crippen LogP contribution in [0.25, 0.3) is 0 Å². The largest absolute Gasteiger partial charge is 0.478 e. The number of ether oxygens (including phenoxy) is 2. The molecular formula is C16H24O10. The summed E-state index contributed by atoms with van der Waals surface area (Å²) >= 11 is 0. The molecule has 0 spiro atoms. The molecule has 0 rings (SSSR count). The lowest BCUT2D eigenvalue weighted by atomic mass is 10.3. The SMILES string of the molecule is CCCC(=O)OC(C)=O.CCCC(=O)OC(C)=O.O=C(O)/C=C\C(=O)O. The fourth-order valence-corrected chi connectivity index (χ4v) is 0.974. The van der Waals surface area contributed by atoms with Gasteiger partial charge >= 0.3 is 35.8 Å². The average molecular weight is 376 g/mol. The van der Waals surface area contributed by atoms with Gasteiger partial charge in [-0.2, -0.15) is 0 Å². The van der Waals surface area contributed by atoms with Gasteiger partial charge in [0.25, 0.3) is 0 Å². The predicted molar refractivity (Wildman–Crippen MR) is 87.8 cm³/mol. The van der Waals surface area contributed by atoms with Crippen molar-refractivity contribution in [3.8, 4) is 0 Å². The van der Waals surface area contributed by atoms with Crippen molar-refractivity contribution in [1.82, 2.24) is 0 Å². The number of hydrogen-bond donors (Lipinski definition) is 2. The van der Waals surface area contributed by atoms with E-state index in [9.17, 15) is 28.8 Å². The lowest BCUT2D eigenvalue weighted by molar-refractivity contribution is -0.159. The first kappa shape index (κ1) is 27.8. The van der Waals surface area contributed by atoms with Crippen molar-refractivity contribution in [2.45, 2.75) is 53.4 Å². The summed E-state index contributed by atoms with van der Waals surface area (Å²) in [6.45, 7) is 6.13. The Balaban J connectivity index is -0.000000306. The highest BCUT2D eigenvalue weighted by molar-refractivity contribution is 5.89. The summed E-state index contributed by atoms with van der Waals surface area (Å²) in [4.78, 5) is 60.1. The van der Waals surface area contributed by atoms with Gasteiger partial charge in [-0.15, -0.1) is 0 Å². The van der Waals surface area contributed by atoms with Crippen molar-refractivity contribution < 1.29 is 48.5 Å². The summed E-state index contributed by atoms with van der Waals surface area (Å²) in [5.74, 6) is -4.46. The van der Waals surface area contributed by atoms with Crippen LogP contribution >= 0.6 is 0 Å². The van der Waals surface area contributed by atoms with E-state index in [-0.39, 0.29) is 0 Å². The van der Waals surface area contributed by atoms with Crippen LogP contribution in [-0.4, -0.2) is 46.0 Å². The third-order valence-corrected chi connectivity index (χ3v) is 1.79. The highest BCUT2D eigenvalue weighted by Crippen LogP contribution is 1.91. The van der Waals surface area contributed by atoms with Gasteiger partial charge in [-0.05, 0) is 12.8 Å². The quantitative estimate of drug-likeness (QED) is 0.394. The summed E-state index contributed by atoms with van der Waals surface area (Å²) in [7, 11) is 0. The van der Waals surface area contributed by atoms with Gasteiger partial charge in [-0.1, -0.05) is 13.8 Å². The Morgan fingerprint density at radius 2 is 0.962 bits per heavy atom. The molecule has 0 aliphatic rings. The number of aliphatic carboxylic acids is 2. The number of esters is 4. The molecule has 0 radical (unpaired) electrons. The molecule has 0 aromatic rings. The second-order valence-corrected chi connectivity index (χ2v) is 4.44.